The molecule has 21 heavy (non-hydrogen) atoms. The summed E-state index contributed by atoms with van der Waals surface area (Å²) in [4.78, 5) is 0. The van der Waals surface area contributed by atoms with Crippen LogP contribution in [0.25, 0.3) is 0 Å². The van der Waals surface area contributed by atoms with Gasteiger partial charge in [0, 0.05) is 5.02 Å². The van der Waals surface area contributed by atoms with Crippen LogP contribution in [0, 0.1) is 12.7 Å². The van der Waals surface area contributed by atoms with Crippen molar-refractivity contribution in [2.45, 2.75) is 26.3 Å². The lowest BCUT2D eigenvalue weighted by Gasteiger charge is -2.20. The standard InChI is InChI=1S/C17H18BrClFN/c1-3-8-21-17(12-5-4-11(2)15(19)9-12)13-6-7-14(18)16(20)10-13/h4-7,9-10,17,21H,3,8H2,1-2H3. The number of hydrogen-bond acceptors (Lipinski definition) is 1. The van der Waals surface area contributed by atoms with Crippen LogP contribution in [0.2, 0.25) is 5.02 Å². The molecule has 0 aliphatic rings. The summed E-state index contributed by atoms with van der Waals surface area (Å²) >= 11 is 9.42. The van der Waals surface area contributed by atoms with Gasteiger partial charge in [0.1, 0.15) is 5.82 Å². The van der Waals surface area contributed by atoms with Crippen LogP contribution < -0.4 is 5.32 Å². The molecule has 0 bridgehead atoms. The van der Waals surface area contributed by atoms with Gasteiger partial charge in [0.05, 0.1) is 10.5 Å². The van der Waals surface area contributed by atoms with Crippen molar-refractivity contribution in [1.82, 2.24) is 5.32 Å². The van der Waals surface area contributed by atoms with Gasteiger partial charge in [-0.25, -0.2) is 4.39 Å². The van der Waals surface area contributed by atoms with Gasteiger partial charge >= 0.3 is 0 Å². The quantitative estimate of drug-likeness (QED) is 0.718. The number of halogens is 3. The lowest BCUT2D eigenvalue weighted by Crippen LogP contribution is -2.23. The molecule has 0 amide bonds. The number of rotatable bonds is 5. The summed E-state index contributed by atoms with van der Waals surface area (Å²) in [5.74, 6) is -0.256. The fraction of sp³-hybridized carbons (Fsp3) is 0.294. The van der Waals surface area contributed by atoms with E-state index in [4.69, 9.17) is 11.6 Å². The molecule has 1 nitrogen and oxygen atoms in total. The van der Waals surface area contributed by atoms with E-state index in [9.17, 15) is 4.39 Å². The van der Waals surface area contributed by atoms with Crippen LogP contribution >= 0.6 is 27.5 Å². The van der Waals surface area contributed by atoms with Crippen molar-refractivity contribution in [2.75, 3.05) is 6.54 Å². The SMILES string of the molecule is CCCNC(c1ccc(Br)c(F)c1)c1ccc(C)c(Cl)c1. The Hall–Kier alpha value is -0.900. The molecule has 2 rings (SSSR count). The van der Waals surface area contributed by atoms with Crippen LogP contribution in [-0.4, -0.2) is 6.54 Å². The van der Waals surface area contributed by atoms with E-state index in [0.717, 1.165) is 34.7 Å². The fourth-order valence-electron chi connectivity index (χ4n) is 2.20. The first-order valence-electron chi connectivity index (χ1n) is 6.97. The van der Waals surface area contributed by atoms with Crippen molar-refractivity contribution in [1.29, 1.82) is 0 Å². The predicted molar refractivity (Wildman–Crippen MR) is 90.4 cm³/mol. The lowest BCUT2D eigenvalue weighted by atomic mass is 9.97. The summed E-state index contributed by atoms with van der Waals surface area (Å²) in [6.07, 6.45) is 1.01. The van der Waals surface area contributed by atoms with Crippen LogP contribution in [0.3, 0.4) is 0 Å². The lowest BCUT2D eigenvalue weighted by molar-refractivity contribution is 0.583. The molecular weight excluding hydrogens is 353 g/mol. The molecule has 4 heteroatoms. The molecule has 1 N–H and O–H groups in total. The number of hydrogen-bond donors (Lipinski definition) is 1. The highest BCUT2D eigenvalue weighted by molar-refractivity contribution is 9.10. The van der Waals surface area contributed by atoms with Crippen molar-refractivity contribution >= 4 is 27.5 Å². The minimum atomic E-state index is -0.256. The Morgan fingerprint density at radius 1 is 1.19 bits per heavy atom. The molecule has 0 saturated carbocycles. The van der Waals surface area contributed by atoms with Gasteiger partial charge in [0.25, 0.3) is 0 Å². The van der Waals surface area contributed by atoms with Crippen LogP contribution in [0.4, 0.5) is 4.39 Å². The van der Waals surface area contributed by atoms with Gasteiger partial charge in [-0.05, 0) is 70.7 Å². The molecule has 0 heterocycles. The van der Waals surface area contributed by atoms with Gasteiger partial charge in [-0.2, -0.15) is 0 Å². The van der Waals surface area contributed by atoms with Crippen LogP contribution in [-0.2, 0) is 0 Å². The van der Waals surface area contributed by atoms with Crippen molar-refractivity contribution < 1.29 is 4.39 Å². The topological polar surface area (TPSA) is 12.0 Å². The smallest absolute Gasteiger partial charge is 0.137 e. The third-order valence-electron chi connectivity index (χ3n) is 3.40. The van der Waals surface area contributed by atoms with Crippen LogP contribution in [0.5, 0.6) is 0 Å². The largest absolute Gasteiger partial charge is 0.306 e. The summed E-state index contributed by atoms with van der Waals surface area (Å²) in [5.41, 5.74) is 2.97. The molecule has 0 saturated heterocycles. The van der Waals surface area contributed by atoms with E-state index in [0.29, 0.717) is 4.47 Å². The van der Waals surface area contributed by atoms with Gasteiger partial charge < -0.3 is 5.32 Å². The summed E-state index contributed by atoms with van der Waals surface area (Å²) < 4.78 is 14.3. The second-order valence-corrected chi connectivity index (χ2v) is 6.33. The fourth-order valence-corrected chi connectivity index (χ4v) is 2.63. The van der Waals surface area contributed by atoms with E-state index in [-0.39, 0.29) is 11.9 Å². The maximum Gasteiger partial charge on any atom is 0.137 e. The molecule has 0 radical (unpaired) electrons. The second-order valence-electron chi connectivity index (χ2n) is 5.07. The molecule has 1 atom stereocenters. The zero-order valence-corrected chi connectivity index (χ0v) is 14.4. The minimum Gasteiger partial charge on any atom is -0.306 e. The molecule has 2 aromatic carbocycles. The molecule has 112 valence electrons. The van der Waals surface area contributed by atoms with Gasteiger partial charge in [-0.1, -0.05) is 36.7 Å². The highest BCUT2D eigenvalue weighted by atomic mass is 79.9. The van der Waals surface area contributed by atoms with E-state index in [1.165, 1.54) is 0 Å². The highest BCUT2D eigenvalue weighted by Gasteiger charge is 2.15. The zero-order chi connectivity index (χ0) is 15.4. The number of nitrogens with one attached hydrogen (secondary N) is 1. The molecular formula is C17H18BrClFN. The first-order valence-corrected chi connectivity index (χ1v) is 8.14. The average Bonchev–Trinajstić information content (AvgIpc) is 2.46. The maximum atomic E-state index is 13.8. The molecule has 1 unspecified atom stereocenters. The molecule has 0 spiro atoms. The molecule has 0 aliphatic carbocycles. The van der Waals surface area contributed by atoms with Crippen LogP contribution in [0.15, 0.2) is 40.9 Å². The minimum absolute atomic E-state index is 0.0642. The van der Waals surface area contributed by atoms with Crippen molar-refractivity contribution in [3.63, 3.8) is 0 Å². The van der Waals surface area contributed by atoms with E-state index in [1.54, 1.807) is 12.1 Å². The summed E-state index contributed by atoms with van der Waals surface area (Å²) in [6.45, 7) is 4.93. The number of benzene rings is 2. The Kier molecular flexibility index (Phi) is 5.80. The number of aryl methyl sites for hydroxylation is 1. The summed E-state index contributed by atoms with van der Waals surface area (Å²) in [6, 6.07) is 11.1. The Balaban J connectivity index is 2.41. The first kappa shape index (κ1) is 16.5. The zero-order valence-electron chi connectivity index (χ0n) is 12.1. The van der Waals surface area contributed by atoms with Crippen molar-refractivity contribution in [2.24, 2.45) is 0 Å². The van der Waals surface area contributed by atoms with E-state index in [1.807, 2.05) is 31.2 Å². The molecule has 0 fully saturated rings. The average molecular weight is 371 g/mol. The Morgan fingerprint density at radius 2 is 1.86 bits per heavy atom. The predicted octanol–water partition coefficient (Wildman–Crippen LogP) is 5.64. The Labute approximate surface area is 138 Å². The van der Waals surface area contributed by atoms with Gasteiger partial charge in [-0.3, -0.25) is 0 Å². The van der Waals surface area contributed by atoms with Crippen LogP contribution in [0.1, 0.15) is 36.1 Å². The van der Waals surface area contributed by atoms with Crippen molar-refractivity contribution in [3.8, 4) is 0 Å². The van der Waals surface area contributed by atoms with Gasteiger partial charge in [0.2, 0.25) is 0 Å². The first-order chi connectivity index (χ1) is 10.0. The second kappa shape index (κ2) is 7.39. The monoisotopic (exact) mass is 369 g/mol. The van der Waals surface area contributed by atoms with Gasteiger partial charge in [0.15, 0.2) is 0 Å². The summed E-state index contributed by atoms with van der Waals surface area (Å²) in [7, 11) is 0. The van der Waals surface area contributed by atoms with E-state index in [2.05, 4.69) is 28.2 Å². The molecule has 0 aliphatic heterocycles. The van der Waals surface area contributed by atoms with Gasteiger partial charge in [-0.15, -0.1) is 0 Å². The third kappa shape index (κ3) is 4.06. The van der Waals surface area contributed by atoms with Crippen molar-refractivity contribution in [3.05, 3.63) is 68.4 Å². The normalized spacial score (nSPS) is 12.4. The maximum absolute atomic E-state index is 13.8. The van der Waals surface area contributed by atoms with E-state index < -0.39 is 0 Å². The third-order valence-corrected chi connectivity index (χ3v) is 4.45. The highest BCUT2D eigenvalue weighted by Crippen LogP contribution is 2.28. The van der Waals surface area contributed by atoms with E-state index >= 15 is 0 Å². The molecule has 0 aromatic heterocycles. The Bertz CT molecular complexity index is 579. The molecule has 2 aromatic rings. The summed E-state index contributed by atoms with van der Waals surface area (Å²) in [5, 5.41) is 4.18. The Morgan fingerprint density at radius 3 is 2.48 bits per heavy atom.